The molecule has 0 fully saturated rings. The minimum atomic E-state index is -4.99. The van der Waals surface area contributed by atoms with Gasteiger partial charge in [-0.3, -0.25) is 9.69 Å². The zero-order chi connectivity index (χ0) is 21.2. The number of hydrogen-bond acceptors (Lipinski definition) is 4. The quantitative estimate of drug-likeness (QED) is 0.685. The van der Waals surface area contributed by atoms with Crippen molar-refractivity contribution in [2.45, 2.75) is 18.4 Å². The van der Waals surface area contributed by atoms with Crippen molar-refractivity contribution in [1.82, 2.24) is 9.88 Å². The Bertz CT molecular complexity index is 1060. The molecule has 30 heavy (non-hydrogen) atoms. The number of anilines is 1. The number of amides is 1. The molecule has 0 bridgehead atoms. The summed E-state index contributed by atoms with van der Waals surface area (Å²) >= 11 is 0. The number of hydrogen-bond donors (Lipinski definition) is 1. The van der Waals surface area contributed by atoms with Gasteiger partial charge in [0.05, 0.1) is 6.54 Å². The molecule has 3 aromatic rings. The number of rotatable bonds is 5. The van der Waals surface area contributed by atoms with Crippen LogP contribution in [-0.4, -0.2) is 33.5 Å². The van der Waals surface area contributed by atoms with Crippen molar-refractivity contribution in [3.63, 3.8) is 0 Å². The summed E-state index contributed by atoms with van der Waals surface area (Å²) in [5.41, 5.74) is -2.07. The Morgan fingerprint density at radius 2 is 1.53 bits per heavy atom. The Labute approximate surface area is 170 Å². The van der Waals surface area contributed by atoms with Crippen LogP contribution in [0, 0.1) is 0 Å². The average Bonchev–Trinajstić information content (AvgIpc) is 3.03. The molecule has 0 aliphatic carbocycles. The minimum absolute atomic E-state index is 0.0465. The third-order valence-corrected chi connectivity index (χ3v) is 4.68. The summed E-state index contributed by atoms with van der Waals surface area (Å²) in [5, 5.41) is 2.24. The summed E-state index contributed by atoms with van der Waals surface area (Å²) in [6, 6.07) is 21.6. The first kappa shape index (κ1) is 19.6. The molecule has 2 heterocycles. The Kier molecular flexibility index (Phi) is 4.99. The van der Waals surface area contributed by atoms with E-state index in [0.29, 0.717) is 11.1 Å². The van der Waals surface area contributed by atoms with Gasteiger partial charge in [0.2, 0.25) is 0 Å². The van der Waals surface area contributed by atoms with Crippen LogP contribution in [0.2, 0.25) is 0 Å². The van der Waals surface area contributed by atoms with Crippen LogP contribution in [0.5, 0.6) is 0 Å². The molecule has 1 amide bonds. The van der Waals surface area contributed by atoms with Crippen LogP contribution in [0.25, 0.3) is 0 Å². The Morgan fingerprint density at radius 3 is 2.13 bits per heavy atom. The second-order valence-electron chi connectivity index (χ2n) is 6.73. The number of aliphatic imine (C=N–C) groups is 1. The molecule has 152 valence electrons. The van der Waals surface area contributed by atoms with Crippen LogP contribution in [0.15, 0.2) is 90.1 Å². The van der Waals surface area contributed by atoms with Gasteiger partial charge in [0.1, 0.15) is 11.7 Å². The van der Waals surface area contributed by atoms with E-state index in [4.69, 9.17) is 0 Å². The van der Waals surface area contributed by atoms with E-state index in [1.54, 1.807) is 66.7 Å². The molecule has 2 aromatic carbocycles. The monoisotopic (exact) mass is 410 g/mol. The number of halogens is 3. The van der Waals surface area contributed by atoms with Gasteiger partial charge in [0.15, 0.2) is 0 Å². The lowest BCUT2D eigenvalue weighted by molar-refractivity contribution is -0.185. The Hall–Kier alpha value is -3.68. The van der Waals surface area contributed by atoms with Gasteiger partial charge in [0, 0.05) is 11.8 Å². The molecule has 1 aliphatic heterocycles. The van der Waals surface area contributed by atoms with E-state index >= 15 is 0 Å². The number of pyridine rings is 1. The van der Waals surface area contributed by atoms with Gasteiger partial charge in [0.25, 0.3) is 5.91 Å². The van der Waals surface area contributed by atoms with Gasteiger partial charge in [-0.25, -0.2) is 9.98 Å². The lowest BCUT2D eigenvalue weighted by Crippen LogP contribution is -2.57. The zero-order valence-corrected chi connectivity index (χ0v) is 15.7. The standard InChI is InChI=1S/C22H17F3N4O/c23-22(24,25)21(27-18-13-7-8-14-26-18)20(30)29(15-16-9-3-1-4-10-16)19(28-21)17-11-5-2-6-12-17/h1-14H,15H2,(H,26,27)/t21-/m1/s1. The summed E-state index contributed by atoms with van der Waals surface area (Å²) in [7, 11) is 0. The normalized spacial score (nSPS) is 19.0. The van der Waals surface area contributed by atoms with Gasteiger partial charge in [-0.2, -0.15) is 13.2 Å². The smallest absolute Gasteiger partial charge is 0.331 e. The van der Waals surface area contributed by atoms with Crippen LogP contribution < -0.4 is 5.32 Å². The van der Waals surface area contributed by atoms with Gasteiger partial charge < -0.3 is 5.32 Å². The summed E-state index contributed by atoms with van der Waals surface area (Å²) in [4.78, 5) is 22.2. The minimum Gasteiger partial charge on any atom is -0.331 e. The number of nitrogens with one attached hydrogen (secondary N) is 1. The molecule has 1 aromatic heterocycles. The largest absolute Gasteiger partial charge is 0.442 e. The van der Waals surface area contributed by atoms with Crippen molar-refractivity contribution < 1.29 is 18.0 Å². The number of aromatic nitrogens is 1. The number of benzene rings is 2. The van der Waals surface area contributed by atoms with Crippen LogP contribution >= 0.6 is 0 Å². The summed E-state index contributed by atoms with van der Waals surface area (Å²) in [6.07, 6.45) is -3.65. The molecule has 0 saturated heterocycles. The highest BCUT2D eigenvalue weighted by Crippen LogP contribution is 2.41. The summed E-state index contributed by atoms with van der Waals surface area (Å²) < 4.78 is 42.9. The number of amidine groups is 1. The maximum atomic E-state index is 14.3. The van der Waals surface area contributed by atoms with Gasteiger partial charge in [-0.1, -0.05) is 66.7 Å². The highest BCUT2D eigenvalue weighted by molar-refractivity contribution is 6.16. The van der Waals surface area contributed by atoms with E-state index in [1.807, 2.05) is 0 Å². The molecular weight excluding hydrogens is 393 g/mol. The van der Waals surface area contributed by atoms with E-state index in [1.165, 1.54) is 18.3 Å². The van der Waals surface area contributed by atoms with E-state index in [0.717, 1.165) is 4.90 Å². The molecule has 1 aliphatic rings. The first-order valence-electron chi connectivity index (χ1n) is 9.18. The number of carbonyl (C=O) groups excluding carboxylic acids is 1. The molecule has 5 nitrogen and oxygen atoms in total. The van der Waals surface area contributed by atoms with Crippen molar-refractivity contribution in [1.29, 1.82) is 0 Å². The molecule has 0 unspecified atom stereocenters. The van der Waals surface area contributed by atoms with Crippen LogP contribution in [0.3, 0.4) is 0 Å². The number of carbonyl (C=O) groups is 1. The number of alkyl halides is 3. The van der Waals surface area contributed by atoms with Crippen molar-refractivity contribution in [2.75, 3.05) is 5.32 Å². The fourth-order valence-corrected chi connectivity index (χ4v) is 3.24. The second-order valence-corrected chi connectivity index (χ2v) is 6.73. The van der Waals surface area contributed by atoms with Crippen LogP contribution in [-0.2, 0) is 11.3 Å². The maximum absolute atomic E-state index is 14.3. The molecular formula is C22H17F3N4O. The Morgan fingerprint density at radius 1 is 0.900 bits per heavy atom. The fourth-order valence-electron chi connectivity index (χ4n) is 3.24. The third kappa shape index (κ3) is 3.52. The predicted octanol–water partition coefficient (Wildman–Crippen LogP) is 4.24. The van der Waals surface area contributed by atoms with Crippen molar-refractivity contribution in [2.24, 2.45) is 4.99 Å². The SMILES string of the molecule is O=C1N(Cc2ccccc2)C(c2ccccc2)=N[C@@]1(Nc1ccccn1)C(F)(F)F. The number of nitrogens with zero attached hydrogens (tertiary/aromatic N) is 3. The topological polar surface area (TPSA) is 57.6 Å². The molecule has 8 heteroatoms. The summed E-state index contributed by atoms with van der Waals surface area (Å²) in [6.45, 7) is -0.0465. The second kappa shape index (κ2) is 7.62. The molecule has 0 spiro atoms. The summed E-state index contributed by atoms with van der Waals surface area (Å²) in [5.74, 6) is -1.35. The average molecular weight is 410 g/mol. The van der Waals surface area contributed by atoms with Gasteiger partial charge in [-0.05, 0) is 17.7 Å². The van der Waals surface area contributed by atoms with E-state index < -0.39 is 17.7 Å². The highest BCUT2D eigenvalue weighted by Gasteiger charge is 2.66. The fraction of sp³-hybridized carbons (Fsp3) is 0.136. The molecule has 1 N–H and O–H groups in total. The van der Waals surface area contributed by atoms with E-state index in [9.17, 15) is 18.0 Å². The van der Waals surface area contributed by atoms with Gasteiger partial charge >= 0.3 is 11.8 Å². The molecule has 1 atom stereocenters. The van der Waals surface area contributed by atoms with Crippen LogP contribution in [0.4, 0.5) is 19.0 Å². The zero-order valence-electron chi connectivity index (χ0n) is 15.7. The maximum Gasteiger partial charge on any atom is 0.442 e. The highest BCUT2D eigenvalue weighted by atomic mass is 19.4. The lowest BCUT2D eigenvalue weighted by atomic mass is 10.1. The third-order valence-electron chi connectivity index (χ3n) is 4.68. The Balaban J connectivity index is 1.83. The van der Waals surface area contributed by atoms with Crippen molar-refractivity contribution in [3.05, 3.63) is 96.2 Å². The molecule has 4 rings (SSSR count). The van der Waals surface area contributed by atoms with E-state index in [-0.39, 0.29) is 18.2 Å². The first-order chi connectivity index (χ1) is 14.4. The lowest BCUT2D eigenvalue weighted by Gasteiger charge is -2.29. The van der Waals surface area contributed by atoms with Gasteiger partial charge in [-0.15, -0.1) is 0 Å². The van der Waals surface area contributed by atoms with Crippen LogP contribution in [0.1, 0.15) is 11.1 Å². The molecule has 0 saturated carbocycles. The van der Waals surface area contributed by atoms with Crippen molar-refractivity contribution >= 4 is 17.6 Å². The first-order valence-corrected chi connectivity index (χ1v) is 9.18. The van der Waals surface area contributed by atoms with Crippen molar-refractivity contribution in [3.8, 4) is 0 Å². The molecule has 0 radical (unpaired) electrons. The van der Waals surface area contributed by atoms with E-state index in [2.05, 4.69) is 15.3 Å². The predicted molar refractivity (Wildman–Crippen MR) is 107 cm³/mol.